The fraction of sp³-hybridized carbons (Fsp3) is 0.0833. The molecule has 0 radical (unpaired) electrons. The smallest absolute Gasteiger partial charge is 0.189 e. The minimum absolute atomic E-state index is 0.00639. The van der Waals surface area contributed by atoms with Crippen molar-refractivity contribution in [3.05, 3.63) is 52.0 Å². The Kier molecular flexibility index (Phi) is 2.56. The Morgan fingerprint density at radius 2 is 2.19 bits per heavy atom. The summed E-state index contributed by atoms with van der Waals surface area (Å²) in [6, 6.07) is 3.96. The number of fused-ring (bicyclic) bond motifs is 1. The zero-order valence-corrected chi connectivity index (χ0v) is 9.38. The molecule has 4 heteroatoms. The lowest BCUT2D eigenvalue weighted by Crippen LogP contribution is -2.06. The Labute approximate surface area is 96.6 Å². The highest BCUT2D eigenvalue weighted by atomic mass is 35.5. The fourth-order valence-electron chi connectivity index (χ4n) is 1.58. The molecular formula is C12H9ClFNO. The van der Waals surface area contributed by atoms with Gasteiger partial charge in [0, 0.05) is 23.3 Å². The van der Waals surface area contributed by atoms with E-state index in [2.05, 4.69) is 6.58 Å². The molecule has 1 aromatic carbocycles. The lowest BCUT2D eigenvalue weighted by molar-refractivity contribution is 0.630. The van der Waals surface area contributed by atoms with Crippen LogP contribution in [0.25, 0.3) is 16.6 Å². The van der Waals surface area contributed by atoms with Gasteiger partial charge in [0.1, 0.15) is 5.82 Å². The molecule has 0 atom stereocenters. The van der Waals surface area contributed by atoms with Crippen LogP contribution in [0.3, 0.4) is 0 Å². The Hall–Kier alpha value is -1.61. The molecule has 2 aromatic rings. The number of nitrogens with zero attached hydrogens (tertiary/aromatic N) is 1. The van der Waals surface area contributed by atoms with Gasteiger partial charge < -0.3 is 4.57 Å². The molecule has 0 unspecified atom stereocenters. The summed E-state index contributed by atoms with van der Waals surface area (Å²) in [6.07, 6.45) is 1.60. The van der Waals surface area contributed by atoms with E-state index in [0.29, 0.717) is 10.9 Å². The quantitative estimate of drug-likeness (QED) is 0.746. The summed E-state index contributed by atoms with van der Waals surface area (Å²) in [7, 11) is 0. The van der Waals surface area contributed by atoms with Crippen molar-refractivity contribution >= 4 is 28.2 Å². The van der Waals surface area contributed by atoms with Crippen LogP contribution in [0.1, 0.15) is 6.92 Å². The van der Waals surface area contributed by atoms with Gasteiger partial charge in [-0.3, -0.25) is 4.79 Å². The maximum absolute atomic E-state index is 13.3. The zero-order chi connectivity index (χ0) is 11.9. The molecule has 0 amide bonds. The summed E-state index contributed by atoms with van der Waals surface area (Å²) < 4.78 is 15.0. The number of pyridine rings is 1. The van der Waals surface area contributed by atoms with E-state index in [4.69, 9.17) is 11.6 Å². The lowest BCUT2D eigenvalue weighted by Gasteiger charge is -2.10. The molecule has 0 bridgehead atoms. The van der Waals surface area contributed by atoms with Crippen LogP contribution in [0, 0.1) is 5.82 Å². The number of aromatic nitrogens is 1. The first-order valence-corrected chi connectivity index (χ1v) is 5.05. The summed E-state index contributed by atoms with van der Waals surface area (Å²) in [4.78, 5) is 11.6. The third-order valence-corrected chi connectivity index (χ3v) is 2.64. The molecule has 82 valence electrons. The Morgan fingerprint density at radius 3 is 2.81 bits per heavy atom. The molecule has 1 aromatic heterocycles. The van der Waals surface area contributed by atoms with Crippen molar-refractivity contribution in [1.82, 2.24) is 4.57 Å². The Bertz CT molecular complexity index is 645. The molecule has 2 nitrogen and oxygen atoms in total. The van der Waals surface area contributed by atoms with Crippen molar-refractivity contribution in [3.63, 3.8) is 0 Å². The number of benzene rings is 1. The first-order chi connectivity index (χ1) is 7.50. The van der Waals surface area contributed by atoms with Crippen molar-refractivity contribution in [2.24, 2.45) is 0 Å². The molecular weight excluding hydrogens is 229 g/mol. The second-order valence-corrected chi connectivity index (χ2v) is 3.98. The van der Waals surface area contributed by atoms with Gasteiger partial charge in [-0.15, -0.1) is 0 Å². The second-order valence-electron chi connectivity index (χ2n) is 3.57. The summed E-state index contributed by atoms with van der Waals surface area (Å²) in [5.74, 6) is -0.592. The fourth-order valence-corrected chi connectivity index (χ4v) is 1.74. The molecule has 16 heavy (non-hydrogen) atoms. The van der Waals surface area contributed by atoms with Gasteiger partial charge in [0.05, 0.1) is 10.5 Å². The number of allylic oxidation sites excluding steroid dienone is 1. The summed E-state index contributed by atoms with van der Waals surface area (Å²) in [6.45, 7) is 5.57. The lowest BCUT2D eigenvalue weighted by atomic mass is 10.2. The molecule has 0 aliphatic rings. The molecule has 2 rings (SSSR count). The van der Waals surface area contributed by atoms with Gasteiger partial charge >= 0.3 is 0 Å². The van der Waals surface area contributed by atoms with Crippen LogP contribution in [0.4, 0.5) is 4.39 Å². The average molecular weight is 238 g/mol. The van der Waals surface area contributed by atoms with Crippen molar-refractivity contribution in [2.45, 2.75) is 6.92 Å². The van der Waals surface area contributed by atoms with E-state index in [1.165, 1.54) is 12.1 Å². The highest BCUT2D eigenvalue weighted by molar-refractivity contribution is 6.31. The predicted molar refractivity (Wildman–Crippen MR) is 64.2 cm³/mol. The van der Waals surface area contributed by atoms with Crippen LogP contribution in [0.15, 0.2) is 35.8 Å². The van der Waals surface area contributed by atoms with E-state index in [9.17, 15) is 9.18 Å². The molecule has 0 spiro atoms. The first kappa shape index (κ1) is 10.9. The number of hydrogen-bond donors (Lipinski definition) is 0. The molecule has 0 N–H and O–H groups in total. The maximum atomic E-state index is 13.3. The van der Waals surface area contributed by atoms with Crippen LogP contribution in [0.2, 0.25) is 5.02 Å². The monoisotopic (exact) mass is 237 g/mol. The highest BCUT2D eigenvalue weighted by Crippen LogP contribution is 2.22. The van der Waals surface area contributed by atoms with Gasteiger partial charge in [-0.25, -0.2) is 4.39 Å². The van der Waals surface area contributed by atoms with Crippen LogP contribution in [-0.4, -0.2) is 4.57 Å². The van der Waals surface area contributed by atoms with E-state index in [1.54, 1.807) is 17.7 Å². The number of rotatable bonds is 1. The second kappa shape index (κ2) is 3.76. The van der Waals surface area contributed by atoms with Gasteiger partial charge in [-0.05, 0) is 19.1 Å². The van der Waals surface area contributed by atoms with E-state index in [-0.39, 0.29) is 10.5 Å². The topological polar surface area (TPSA) is 22.0 Å². The van der Waals surface area contributed by atoms with Crippen molar-refractivity contribution in [1.29, 1.82) is 0 Å². The van der Waals surface area contributed by atoms with Crippen molar-refractivity contribution in [2.75, 3.05) is 0 Å². The summed E-state index contributed by atoms with van der Waals surface area (Å²) in [5.41, 5.74) is 1.06. The molecule has 0 saturated heterocycles. The van der Waals surface area contributed by atoms with E-state index >= 15 is 0 Å². The summed E-state index contributed by atoms with van der Waals surface area (Å²) in [5, 5.41) is 0.292. The summed E-state index contributed by atoms with van der Waals surface area (Å²) >= 11 is 5.70. The minimum atomic E-state index is -0.592. The molecule has 1 heterocycles. The van der Waals surface area contributed by atoms with E-state index < -0.39 is 5.82 Å². The maximum Gasteiger partial charge on any atom is 0.189 e. The highest BCUT2D eigenvalue weighted by Gasteiger charge is 2.08. The van der Waals surface area contributed by atoms with Gasteiger partial charge in [-0.1, -0.05) is 18.2 Å². The number of hydrogen-bond acceptors (Lipinski definition) is 1. The number of halogens is 2. The first-order valence-electron chi connectivity index (χ1n) is 4.67. The Balaban J connectivity index is 2.99. The standard InChI is InChI=1S/C12H9ClFNO/c1-7(2)15-4-3-12(16)8-5-10(14)9(13)6-11(8)15/h3-6H,1H2,2H3. The Morgan fingerprint density at radius 1 is 1.50 bits per heavy atom. The van der Waals surface area contributed by atoms with Gasteiger partial charge in [0.25, 0.3) is 0 Å². The van der Waals surface area contributed by atoms with Crippen LogP contribution < -0.4 is 5.43 Å². The third kappa shape index (κ3) is 1.63. The van der Waals surface area contributed by atoms with Crippen molar-refractivity contribution < 1.29 is 4.39 Å². The van der Waals surface area contributed by atoms with Crippen LogP contribution in [-0.2, 0) is 0 Å². The minimum Gasteiger partial charge on any atom is -0.321 e. The largest absolute Gasteiger partial charge is 0.321 e. The molecule has 0 aliphatic heterocycles. The molecule has 0 saturated carbocycles. The third-order valence-electron chi connectivity index (χ3n) is 2.35. The van der Waals surface area contributed by atoms with Gasteiger partial charge in [0.15, 0.2) is 5.43 Å². The molecule has 0 aliphatic carbocycles. The van der Waals surface area contributed by atoms with E-state index in [1.807, 2.05) is 0 Å². The zero-order valence-electron chi connectivity index (χ0n) is 8.63. The molecule has 0 fully saturated rings. The van der Waals surface area contributed by atoms with Crippen LogP contribution >= 0.6 is 11.6 Å². The average Bonchev–Trinajstić information content (AvgIpc) is 2.21. The SMILES string of the molecule is C=C(C)n1ccc(=O)c2cc(F)c(Cl)cc21. The van der Waals surface area contributed by atoms with Gasteiger partial charge in [-0.2, -0.15) is 0 Å². The normalized spacial score (nSPS) is 10.7. The van der Waals surface area contributed by atoms with E-state index in [0.717, 1.165) is 11.8 Å². The van der Waals surface area contributed by atoms with Crippen molar-refractivity contribution in [3.8, 4) is 0 Å². The predicted octanol–water partition coefficient (Wildman–Crippen LogP) is 3.28. The van der Waals surface area contributed by atoms with Crippen LogP contribution in [0.5, 0.6) is 0 Å². The van der Waals surface area contributed by atoms with Gasteiger partial charge in [0.2, 0.25) is 0 Å².